The molecule has 0 spiro atoms. The van der Waals surface area contributed by atoms with Crippen molar-refractivity contribution in [3.63, 3.8) is 0 Å². The Kier molecular flexibility index (Phi) is 8.99. The van der Waals surface area contributed by atoms with Crippen molar-refractivity contribution in [3.8, 4) is 11.5 Å². The standard InChI is InChI=1S/C25H29FN6O6S/c1-36-19-13-18(14-20(15-19)37-12-11-31-9-5-6-10-31)28-25-27-16-21(26)24(30-25)29-22-7-3-4-8-23(22)32(38-17-33)39(2,34)35/h3-4,7-8,13-17H,5-6,9-12H2,1-2H3,(H2,27,28,29,30). The van der Waals surface area contributed by atoms with Crippen molar-refractivity contribution in [1.29, 1.82) is 0 Å². The number of methoxy groups -OCH3 is 1. The van der Waals surface area contributed by atoms with E-state index in [9.17, 15) is 17.6 Å². The van der Waals surface area contributed by atoms with Gasteiger partial charge < -0.3 is 24.9 Å². The Morgan fingerprint density at radius 2 is 1.87 bits per heavy atom. The molecule has 4 rings (SSSR count). The van der Waals surface area contributed by atoms with Crippen LogP contribution in [0.1, 0.15) is 12.8 Å². The molecular formula is C25H29FN6O6S. The predicted octanol–water partition coefficient (Wildman–Crippen LogP) is 3.44. The van der Waals surface area contributed by atoms with Crippen molar-refractivity contribution in [1.82, 2.24) is 14.9 Å². The molecule has 0 unspecified atom stereocenters. The molecule has 2 N–H and O–H groups in total. The third-order valence-electron chi connectivity index (χ3n) is 5.78. The smallest absolute Gasteiger partial charge is 0.322 e. The fourth-order valence-electron chi connectivity index (χ4n) is 4.01. The molecule has 0 amide bonds. The van der Waals surface area contributed by atoms with Crippen molar-refractivity contribution in [2.75, 3.05) is 54.7 Å². The van der Waals surface area contributed by atoms with Crippen LogP contribution in [0.2, 0.25) is 0 Å². The number of rotatable bonds is 13. The quantitative estimate of drug-likeness (QED) is 0.235. The van der Waals surface area contributed by atoms with E-state index in [4.69, 9.17) is 9.47 Å². The molecule has 1 fully saturated rings. The van der Waals surface area contributed by atoms with Crippen LogP contribution in [0, 0.1) is 5.82 Å². The van der Waals surface area contributed by atoms with Crippen molar-refractivity contribution in [3.05, 3.63) is 54.5 Å². The molecule has 0 saturated carbocycles. The largest absolute Gasteiger partial charge is 0.497 e. The van der Waals surface area contributed by atoms with Crippen molar-refractivity contribution >= 4 is 45.3 Å². The van der Waals surface area contributed by atoms with Crippen LogP contribution in [-0.2, 0) is 19.7 Å². The zero-order chi connectivity index (χ0) is 27.8. The highest BCUT2D eigenvalue weighted by Gasteiger charge is 2.23. The molecule has 1 aliphatic rings. The summed E-state index contributed by atoms with van der Waals surface area (Å²) in [6.07, 6.45) is 4.23. The molecule has 14 heteroatoms. The number of hydrogen-bond acceptors (Lipinski definition) is 11. The topological polar surface area (TPSA) is 135 Å². The van der Waals surface area contributed by atoms with Gasteiger partial charge in [-0.05, 0) is 38.1 Å². The fraction of sp³-hybridized carbons (Fsp3) is 0.320. The second-order valence-corrected chi connectivity index (χ2v) is 10.4. The maximum Gasteiger partial charge on any atom is 0.322 e. The zero-order valence-electron chi connectivity index (χ0n) is 21.5. The summed E-state index contributed by atoms with van der Waals surface area (Å²) in [7, 11) is -2.46. The Morgan fingerprint density at radius 1 is 1.13 bits per heavy atom. The van der Waals surface area contributed by atoms with E-state index in [1.54, 1.807) is 24.3 Å². The number of halogens is 1. The maximum atomic E-state index is 14.7. The molecule has 39 heavy (non-hydrogen) atoms. The zero-order valence-corrected chi connectivity index (χ0v) is 22.3. The minimum absolute atomic E-state index is 0.0242. The molecule has 12 nitrogen and oxygen atoms in total. The highest BCUT2D eigenvalue weighted by atomic mass is 32.2. The van der Waals surface area contributed by atoms with Gasteiger partial charge >= 0.3 is 6.47 Å². The summed E-state index contributed by atoms with van der Waals surface area (Å²) in [6, 6.07) is 11.2. The lowest BCUT2D eigenvalue weighted by atomic mass is 10.2. The summed E-state index contributed by atoms with van der Waals surface area (Å²) in [6.45, 7) is 3.47. The molecule has 2 heterocycles. The third kappa shape index (κ3) is 7.45. The highest BCUT2D eigenvalue weighted by molar-refractivity contribution is 7.91. The van der Waals surface area contributed by atoms with Crippen LogP contribution in [-0.4, -0.2) is 69.4 Å². The lowest BCUT2D eigenvalue weighted by Gasteiger charge is -2.21. The van der Waals surface area contributed by atoms with Gasteiger partial charge in [0.05, 0.1) is 25.2 Å². The highest BCUT2D eigenvalue weighted by Crippen LogP contribution is 2.32. The number of likely N-dealkylation sites (tertiary alicyclic amines) is 1. The molecule has 0 atom stereocenters. The molecule has 2 aromatic carbocycles. The lowest BCUT2D eigenvalue weighted by Crippen LogP contribution is -2.30. The molecule has 1 saturated heterocycles. The maximum absolute atomic E-state index is 14.7. The number of aromatic nitrogens is 2. The number of benzene rings is 2. The summed E-state index contributed by atoms with van der Waals surface area (Å²) in [5.74, 6) is 0.137. The van der Waals surface area contributed by atoms with Gasteiger partial charge in [0, 0.05) is 30.4 Å². The summed E-state index contributed by atoms with van der Waals surface area (Å²) >= 11 is 0. The number of nitrogens with zero attached hydrogens (tertiary/aromatic N) is 4. The molecule has 1 aliphatic heterocycles. The van der Waals surface area contributed by atoms with E-state index in [0.29, 0.717) is 28.3 Å². The Morgan fingerprint density at radius 3 is 2.59 bits per heavy atom. The summed E-state index contributed by atoms with van der Waals surface area (Å²) in [5, 5.41) is 5.75. The molecule has 208 valence electrons. The molecular weight excluding hydrogens is 531 g/mol. The minimum atomic E-state index is -4.00. The Bertz CT molecular complexity index is 1400. The molecule has 3 aromatic rings. The van der Waals surface area contributed by atoms with Gasteiger partial charge in [-0.25, -0.2) is 17.8 Å². The van der Waals surface area contributed by atoms with Crippen molar-refractivity contribution < 1.29 is 31.9 Å². The average Bonchev–Trinajstić information content (AvgIpc) is 3.42. The summed E-state index contributed by atoms with van der Waals surface area (Å²) in [5.41, 5.74) is 0.609. The van der Waals surface area contributed by atoms with E-state index < -0.39 is 15.8 Å². The number of carbonyl (C=O) groups excluding carboxylic acids is 1. The Hall–Kier alpha value is -4.17. The van der Waals surface area contributed by atoms with Gasteiger partial charge in [0.1, 0.15) is 23.8 Å². The van der Waals surface area contributed by atoms with Gasteiger partial charge in [-0.1, -0.05) is 16.6 Å². The molecule has 0 bridgehead atoms. The summed E-state index contributed by atoms with van der Waals surface area (Å²) in [4.78, 5) is 26.1. The summed E-state index contributed by atoms with van der Waals surface area (Å²) < 4.78 is 50.7. The van der Waals surface area contributed by atoms with Crippen LogP contribution in [0.3, 0.4) is 0 Å². The molecule has 1 aromatic heterocycles. The number of ether oxygens (including phenoxy) is 2. The third-order valence-corrected chi connectivity index (χ3v) is 6.67. The Balaban J connectivity index is 1.53. The molecule has 0 radical (unpaired) electrons. The Labute approximate surface area is 225 Å². The first-order valence-corrected chi connectivity index (χ1v) is 13.9. The van der Waals surface area contributed by atoms with Crippen LogP contribution >= 0.6 is 0 Å². The molecule has 0 aliphatic carbocycles. The van der Waals surface area contributed by atoms with E-state index in [-0.39, 0.29) is 29.6 Å². The lowest BCUT2D eigenvalue weighted by molar-refractivity contribution is -0.128. The second kappa shape index (κ2) is 12.6. The van der Waals surface area contributed by atoms with Gasteiger partial charge in [0.25, 0.3) is 10.0 Å². The van der Waals surface area contributed by atoms with Gasteiger partial charge in [-0.15, -0.1) is 0 Å². The number of nitrogens with one attached hydrogen (secondary N) is 2. The van der Waals surface area contributed by atoms with Crippen LogP contribution in [0.4, 0.5) is 33.2 Å². The number of carbonyl (C=O) groups is 1. The number of para-hydroxylation sites is 2. The van der Waals surface area contributed by atoms with Gasteiger partial charge in [0.15, 0.2) is 11.6 Å². The van der Waals surface area contributed by atoms with E-state index in [1.807, 2.05) is 0 Å². The normalized spacial score (nSPS) is 13.5. The van der Waals surface area contributed by atoms with E-state index in [0.717, 1.165) is 32.1 Å². The fourth-order valence-corrected chi connectivity index (χ4v) is 4.71. The van der Waals surface area contributed by atoms with E-state index >= 15 is 0 Å². The van der Waals surface area contributed by atoms with Gasteiger partial charge in [-0.3, -0.25) is 9.69 Å². The predicted molar refractivity (Wildman–Crippen MR) is 144 cm³/mol. The van der Waals surface area contributed by atoms with Crippen LogP contribution in [0.15, 0.2) is 48.7 Å². The van der Waals surface area contributed by atoms with Gasteiger partial charge in [0.2, 0.25) is 5.95 Å². The first-order valence-electron chi connectivity index (χ1n) is 12.1. The average molecular weight is 561 g/mol. The first-order chi connectivity index (χ1) is 18.8. The van der Waals surface area contributed by atoms with Crippen LogP contribution in [0.25, 0.3) is 0 Å². The van der Waals surface area contributed by atoms with Crippen molar-refractivity contribution in [2.24, 2.45) is 0 Å². The number of hydrogen-bond donors (Lipinski definition) is 2. The van der Waals surface area contributed by atoms with Gasteiger partial charge in [-0.2, -0.15) is 4.98 Å². The van der Waals surface area contributed by atoms with Crippen LogP contribution in [0.5, 0.6) is 11.5 Å². The van der Waals surface area contributed by atoms with Crippen molar-refractivity contribution in [2.45, 2.75) is 12.8 Å². The second-order valence-electron chi connectivity index (χ2n) is 8.64. The number of anilines is 5. The van der Waals surface area contributed by atoms with E-state index in [1.165, 1.54) is 38.2 Å². The SMILES string of the molecule is COc1cc(Nc2ncc(F)c(Nc3ccccc3N(OC=O)S(C)(=O)=O)n2)cc(OCCN2CCCC2)c1. The number of sulfonamides is 1. The first kappa shape index (κ1) is 27.9. The monoisotopic (exact) mass is 560 g/mol. The van der Waals surface area contributed by atoms with Crippen LogP contribution < -0.4 is 24.6 Å². The minimum Gasteiger partial charge on any atom is -0.497 e. The van der Waals surface area contributed by atoms with E-state index in [2.05, 4.69) is 30.3 Å².